The van der Waals surface area contributed by atoms with Gasteiger partial charge in [0.05, 0.1) is 34.5 Å². The number of halogens is 3. The number of carboxylic acid groups (broad SMARTS) is 1. The molecular weight excluding hydrogens is 369 g/mol. The molecule has 9 heteroatoms. The van der Waals surface area contributed by atoms with Crippen LogP contribution in [0.5, 0.6) is 5.75 Å². The zero-order valence-corrected chi connectivity index (χ0v) is 15.0. The van der Waals surface area contributed by atoms with Crippen LogP contribution in [0.4, 0.5) is 24.5 Å². The summed E-state index contributed by atoms with van der Waals surface area (Å²) in [4.78, 5) is 13.2. The summed E-state index contributed by atoms with van der Waals surface area (Å²) in [5.74, 6) is -0.701. The lowest BCUT2D eigenvalue weighted by Gasteiger charge is -2.20. The van der Waals surface area contributed by atoms with Crippen LogP contribution in [0.25, 0.3) is 0 Å². The van der Waals surface area contributed by atoms with Crippen LogP contribution in [-0.2, 0) is 6.18 Å². The van der Waals surface area contributed by atoms with Crippen molar-refractivity contribution >= 4 is 29.3 Å². The Hall–Kier alpha value is -2.55. The third-order valence-corrected chi connectivity index (χ3v) is 4.35. The molecule has 2 rings (SSSR count). The molecule has 0 spiro atoms. The van der Waals surface area contributed by atoms with Crippen LogP contribution in [0.2, 0.25) is 0 Å². The molecule has 0 aliphatic carbocycles. The van der Waals surface area contributed by atoms with Gasteiger partial charge in [0.2, 0.25) is 0 Å². The number of carbonyl (C=O) groups is 1. The number of nitrogens with zero attached hydrogens (tertiary/aromatic N) is 1. The van der Waals surface area contributed by atoms with E-state index >= 15 is 0 Å². The quantitative estimate of drug-likeness (QED) is 0.708. The van der Waals surface area contributed by atoms with Crippen LogP contribution in [-0.4, -0.2) is 32.3 Å². The van der Waals surface area contributed by atoms with E-state index < -0.39 is 17.7 Å². The van der Waals surface area contributed by atoms with Gasteiger partial charge >= 0.3 is 12.1 Å². The summed E-state index contributed by atoms with van der Waals surface area (Å²) in [5, 5.41) is 9.10. The van der Waals surface area contributed by atoms with Crippen molar-refractivity contribution in [1.29, 1.82) is 0 Å². The number of alkyl halides is 3. The SMILES string of the molecule is COc1ccc(C(=O)O)cc1SNc1cc(C(F)(F)F)ccc1N(C)C. The second kappa shape index (κ2) is 7.77. The van der Waals surface area contributed by atoms with E-state index in [4.69, 9.17) is 9.84 Å². The summed E-state index contributed by atoms with van der Waals surface area (Å²) < 4.78 is 47.0. The van der Waals surface area contributed by atoms with Gasteiger partial charge in [0, 0.05) is 14.1 Å². The van der Waals surface area contributed by atoms with E-state index in [1.807, 2.05) is 0 Å². The Morgan fingerprint density at radius 1 is 1.19 bits per heavy atom. The Morgan fingerprint density at radius 3 is 2.42 bits per heavy atom. The molecule has 0 aliphatic rings. The minimum absolute atomic E-state index is 0.0481. The molecule has 0 saturated carbocycles. The Bertz CT molecular complexity index is 810. The number of hydrogen-bond donors (Lipinski definition) is 2. The van der Waals surface area contributed by atoms with E-state index in [-0.39, 0.29) is 11.3 Å². The van der Waals surface area contributed by atoms with Gasteiger partial charge in [-0.3, -0.25) is 0 Å². The third-order valence-electron chi connectivity index (χ3n) is 3.49. The van der Waals surface area contributed by atoms with Crippen molar-refractivity contribution < 1.29 is 27.8 Å². The van der Waals surface area contributed by atoms with E-state index in [1.54, 1.807) is 19.0 Å². The minimum Gasteiger partial charge on any atom is -0.496 e. The molecule has 0 unspecified atom stereocenters. The molecule has 2 aromatic carbocycles. The Labute approximate surface area is 152 Å². The van der Waals surface area contributed by atoms with Crippen LogP contribution in [0, 0.1) is 0 Å². The van der Waals surface area contributed by atoms with Crippen molar-refractivity contribution in [2.45, 2.75) is 11.1 Å². The lowest BCUT2D eigenvalue weighted by molar-refractivity contribution is -0.137. The fraction of sp³-hybridized carbons (Fsp3) is 0.235. The molecular formula is C17H17F3N2O3S. The van der Waals surface area contributed by atoms with Crippen LogP contribution >= 0.6 is 11.9 Å². The Morgan fingerprint density at radius 2 is 1.88 bits per heavy atom. The van der Waals surface area contributed by atoms with Gasteiger partial charge in [-0.05, 0) is 48.3 Å². The molecule has 26 heavy (non-hydrogen) atoms. The molecule has 0 saturated heterocycles. The topological polar surface area (TPSA) is 61.8 Å². The van der Waals surface area contributed by atoms with Crippen molar-refractivity contribution in [2.75, 3.05) is 30.8 Å². The largest absolute Gasteiger partial charge is 0.496 e. The normalized spacial score (nSPS) is 11.2. The average Bonchev–Trinajstić information content (AvgIpc) is 2.58. The van der Waals surface area contributed by atoms with Gasteiger partial charge in [-0.25, -0.2) is 4.79 Å². The van der Waals surface area contributed by atoms with Crippen molar-refractivity contribution in [3.05, 3.63) is 47.5 Å². The zero-order chi connectivity index (χ0) is 19.5. The van der Waals surface area contributed by atoms with Crippen molar-refractivity contribution in [2.24, 2.45) is 0 Å². The molecule has 2 aromatic rings. The Kier molecular flexibility index (Phi) is 5.91. The monoisotopic (exact) mass is 386 g/mol. The smallest absolute Gasteiger partial charge is 0.416 e. The summed E-state index contributed by atoms with van der Waals surface area (Å²) in [6.07, 6.45) is -4.47. The maximum atomic E-state index is 13.0. The molecule has 0 heterocycles. The highest BCUT2D eigenvalue weighted by molar-refractivity contribution is 8.00. The van der Waals surface area contributed by atoms with E-state index in [0.29, 0.717) is 16.3 Å². The molecule has 140 valence electrons. The molecule has 0 aliphatic heterocycles. The lowest BCUT2D eigenvalue weighted by Crippen LogP contribution is -2.12. The molecule has 5 nitrogen and oxygen atoms in total. The molecule has 0 atom stereocenters. The van der Waals surface area contributed by atoms with Crippen molar-refractivity contribution in [1.82, 2.24) is 0 Å². The highest BCUT2D eigenvalue weighted by Gasteiger charge is 2.31. The predicted molar refractivity (Wildman–Crippen MR) is 95.2 cm³/mol. The minimum atomic E-state index is -4.47. The van der Waals surface area contributed by atoms with E-state index in [2.05, 4.69) is 4.72 Å². The number of anilines is 2. The standard InChI is InChI=1S/C17H17F3N2O3S/c1-22(2)13-6-5-11(17(18,19)20)9-12(13)21-26-15-8-10(16(23)24)4-7-14(15)25-3/h4-9,21H,1-3H3,(H,23,24). The van der Waals surface area contributed by atoms with Gasteiger partial charge in [0.15, 0.2) is 0 Å². The second-order valence-corrected chi connectivity index (χ2v) is 6.35. The summed E-state index contributed by atoms with van der Waals surface area (Å²) in [6.45, 7) is 0. The molecule has 0 fully saturated rings. The third kappa shape index (κ3) is 4.54. The van der Waals surface area contributed by atoms with Crippen LogP contribution in [0.15, 0.2) is 41.3 Å². The number of ether oxygens (including phenoxy) is 1. The van der Waals surface area contributed by atoms with E-state index in [9.17, 15) is 18.0 Å². The summed E-state index contributed by atoms with van der Waals surface area (Å²) >= 11 is 0.975. The van der Waals surface area contributed by atoms with Gasteiger partial charge in [0.1, 0.15) is 5.75 Å². The number of hydrogen-bond acceptors (Lipinski definition) is 5. The predicted octanol–water partition coefficient (Wildman–Crippen LogP) is 4.60. The van der Waals surface area contributed by atoms with Crippen molar-refractivity contribution in [3.63, 3.8) is 0 Å². The number of methoxy groups -OCH3 is 1. The number of rotatable bonds is 6. The Balaban J connectivity index is 2.36. The first-order valence-corrected chi connectivity index (χ1v) is 8.18. The van der Waals surface area contributed by atoms with Crippen LogP contribution in [0.1, 0.15) is 15.9 Å². The number of carboxylic acids is 1. The van der Waals surface area contributed by atoms with Gasteiger partial charge in [-0.15, -0.1) is 0 Å². The van der Waals surface area contributed by atoms with Gasteiger partial charge in [-0.1, -0.05) is 0 Å². The first-order chi connectivity index (χ1) is 12.1. The lowest BCUT2D eigenvalue weighted by atomic mass is 10.1. The molecule has 0 aromatic heterocycles. The summed E-state index contributed by atoms with van der Waals surface area (Å²) in [6, 6.07) is 7.66. The average molecular weight is 386 g/mol. The molecule has 2 N–H and O–H groups in total. The number of nitrogens with one attached hydrogen (secondary N) is 1. The fourth-order valence-electron chi connectivity index (χ4n) is 2.18. The molecule has 0 radical (unpaired) electrons. The summed E-state index contributed by atoms with van der Waals surface area (Å²) in [5.41, 5.74) is 0.0703. The van der Waals surface area contributed by atoms with E-state index in [0.717, 1.165) is 24.1 Å². The maximum Gasteiger partial charge on any atom is 0.416 e. The second-order valence-electron chi connectivity index (χ2n) is 5.50. The van der Waals surface area contributed by atoms with Gasteiger partial charge in [0.25, 0.3) is 0 Å². The fourth-order valence-corrected chi connectivity index (χ4v) is 3.00. The van der Waals surface area contributed by atoms with Gasteiger partial charge < -0.3 is 19.5 Å². The number of benzene rings is 2. The highest BCUT2D eigenvalue weighted by Crippen LogP contribution is 2.38. The van der Waals surface area contributed by atoms with Crippen LogP contribution < -0.4 is 14.4 Å². The zero-order valence-electron chi connectivity index (χ0n) is 14.2. The first kappa shape index (κ1) is 19.8. The van der Waals surface area contributed by atoms with E-state index in [1.165, 1.54) is 31.4 Å². The number of aromatic carboxylic acids is 1. The van der Waals surface area contributed by atoms with Crippen molar-refractivity contribution in [3.8, 4) is 5.75 Å². The van der Waals surface area contributed by atoms with Gasteiger partial charge in [-0.2, -0.15) is 13.2 Å². The highest BCUT2D eigenvalue weighted by atomic mass is 32.2. The van der Waals surface area contributed by atoms with Crippen LogP contribution in [0.3, 0.4) is 0 Å². The first-order valence-electron chi connectivity index (χ1n) is 7.36. The maximum absolute atomic E-state index is 13.0. The molecule has 0 bridgehead atoms. The summed E-state index contributed by atoms with van der Waals surface area (Å²) in [7, 11) is 4.85. The molecule has 0 amide bonds.